The van der Waals surface area contributed by atoms with Crippen molar-refractivity contribution < 1.29 is 24.2 Å². The number of ether oxygens (including phenoxy) is 1. The van der Waals surface area contributed by atoms with Crippen LogP contribution in [0.3, 0.4) is 0 Å². The van der Waals surface area contributed by atoms with Gasteiger partial charge in [0.15, 0.2) is 5.75 Å². The van der Waals surface area contributed by atoms with Gasteiger partial charge in [-0.15, -0.1) is 0 Å². The summed E-state index contributed by atoms with van der Waals surface area (Å²) in [7, 11) is 1.68. The van der Waals surface area contributed by atoms with Gasteiger partial charge in [-0.1, -0.05) is 49.4 Å². The van der Waals surface area contributed by atoms with Crippen LogP contribution in [0, 0.1) is 5.92 Å². The predicted molar refractivity (Wildman–Crippen MR) is 163 cm³/mol. The van der Waals surface area contributed by atoms with E-state index in [2.05, 4.69) is 20.6 Å². The van der Waals surface area contributed by atoms with E-state index in [1.807, 2.05) is 49.4 Å². The van der Waals surface area contributed by atoms with Gasteiger partial charge in [0.2, 0.25) is 0 Å². The third-order valence-corrected chi connectivity index (χ3v) is 7.57. The number of aliphatic hydroxyl groups excluding tert-OH is 1. The van der Waals surface area contributed by atoms with Gasteiger partial charge in [-0.05, 0) is 30.5 Å². The maximum absolute atomic E-state index is 13.7. The first-order valence-corrected chi connectivity index (χ1v) is 14.1. The molecule has 11 nitrogen and oxygen atoms in total. The highest BCUT2D eigenvalue weighted by Crippen LogP contribution is 2.35. The van der Waals surface area contributed by atoms with Crippen LogP contribution >= 0.6 is 0 Å². The number of likely N-dealkylation sites (N-methyl/N-ethyl adjacent to an activating group) is 1. The Hall–Kier alpha value is -5.03. The molecule has 1 aromatic heterocycles. The van der Waals surface area contributed by atoms with Crippen LogP contribution in [0.4, 0.5) is 16.2 Å². The Morgan fingerprint density at radius 3 is 2.58 bits per heavy atom. The third-order valence-electron chi connectivity index (χ3n) is 7.57. The van der Waals surface area contributed by atoms with Gasteiger partial charge < -0.3 is 30.3 Å². The summed E-state index contributed by atoms with van der Waals surface area (Å²) in [5.41, 5.74) is 1.30. The molecule has 5 rings (SSSR count). The molecule has 3 atom stereocenters. The van der Waals surface area contributed by atoms with Crippen molar-refractivity contribution in [2.75, 3.05) is 37.4 Å². The van der Waals surface area contributed by atoms with Crippen LogP contribution in [0.15, 0.2) is 79.3 Å². The summed E-state index contributed by atoms with van der Waals surface area (Å²) in [4.78, 5) is 51.2. The van der Waals surface area contributed by atoms with E-state index in [1.165, 1.54) is 23.5 Å². The second-order valence-corrected chi connectivity index (χ2v) is 10.7. The number of hydrogen-bond donors (Lipinski definition) is 3. The monoisotopic (exact) mass is 582 g/mol. The second-order valence-electron chi connectivity index (χ2n) is 10.7. The Morgan fingerprint density at radius 2 is 1.81 bits per heavy atom. The number of rotatable bonds is 7. The zero-order valence-electron chi connectivity index (χ0n) is 24.2. The Morgan fingerprint density at radius 1 is 1.07 bits per heavy atom. The lowest BCUT2D eigenvalue weighted by molar-refractivity contribution is 0.0372. The van der Waals surface area contributed by atoms with Crippen LogP contribution in [0.5, 0.6) is 5.75 Å². The van der Waals surface area contributed by atoms with Gasteiger partial charge in [0.05, 0.1) is 42.3 Å². The summed E-state index contributed by atoms with van der Waals surface area (Å²) in [5, 5.41) is 17.7. The van der Waals surface area contributed by atoms with Crippen molar-refractivity contribution in [3.05, 3.63) is 90.5 Å². The third kappa shape index (κ3) is 6.41. The van der Waals surface area contributed by atoms with Gasteiger partial charge in [-0.2, -0.15) is 0 Å². The minimum atomic E-state index is -0.571. The second kappa shape index (κ2) is 12.9. The number of urea groups is 1. The Labute approximate surface area is 249 Å². The fourth-order valence-corrected chi connectivity index (χ4v) is 5.06. The molecule has 1 aliphatic rings. The molecule has 0 saturated heterocycles. The number of nitrogens with one attached hydrogen (secondary N) is 2. The van der Waals surface area contributed by atoms with Gasteiger partial charge in [-0.25, -0.2) is 9.78 Å². The standard InChI is InChI=1S/C32H34N6O5/c1-20-17-38(21(2)19-39)31(41)24-11-7-13-26(35-30(40)27-16-33-14-15-34-27)29(24)43-28(20)18-37(3)32(42)36-25-12-6-9-22-8-4-5-10-23(22)25/h4-16,20-21,28,39H,17-19H2,1-3H3,(H,35,40)(H,36,42)/t20-,21-,28-/m0/s1. The van der Waals surface area contributed by atoms with E-state index >= 15 is 0 Å². The Bertz CT molecular complexity index is 1630. The molecule has 3 N–H and O–H groups in total. The zero-order chi connectivity index (χ0) is 30.5. The maximum Gasteiger partial charge on any atom is 0.321 e. The molecule has 0 saturated carbocycles. The number of nitrogens with zero attached hydrogens (tertiary/aromatic N) is 4. The van der Waals surface area contributed by atoms with Gasteiger partial charge in [0.1, 0.15) is 11.8 Å². The van der Waals surface area contributed by atoms with Crippen molar-refractivity contribution in [3.8, 4) is 5.75 Å². The highest BCUT2D eigenvalue weighted by atomic mass is 16.5. The number of anilines is 2. The number of aliphatic hydroxyl groups is 1. The number of benzene rings is 3. The van der Waals surface area contributed by atoms with Crippen LogP contribution in [-0.2, 0) is 0 Å². The largest absolute Gasteiger partial charge is 0.485 e. The molecule has 4 amide bonds. The van der Waals surface area contributed by atoms with Crippen molar-refractivity contribution in [1.29, 1.82) is 0 Å². The predicted octanol–water partition coefficient (Wildman–Crippen LogP) is 4.27. The van der Waals surface area contributed by atoms with Gasteiger partial charge in [-0.3, -0.25) is 14.6 Å². The smallest absolute Gasteiger partial charge is 0.321 e. The highest BCUT2D eigenvalue weighted by molar-refractivity contribution is 6.06. The summed E-state index contributed by atoms with van der Waals surface area (Å²) in [6.07, 6.45) is 3.65. The molecule has 0 fully saturated rings. The lowest BCUT2D eigenvalue weighted by atomic mass is 9.99. The van der Waals surface area contributed by atoms with Crippen molar-refractivity contribution in [1.82, 2.24) is 19.8 Å². The van der Waals surface area contributed by atoms with E-state index in [-0.39, 0.29) is 53.7 Å². The molecule has 0 aliphatic carbocycles. The number of hydrogen-bond acceptors (Lipinski definition) is 7. The van der Waals surface area contributed by atoms with Crippen molar-refractivity contribution >= 4 is 40.0 Å². The molecule has 4 aromatic rings. The van der Waals surface area contributed by atoms with Crippen LogP contribution in [-0.4, -0.2) is 81.6 Å². The van der Waals surface area contributed by atoms with E-state index in [0.29, 0.717) is 12.2 Å². The molecule has 43 heavy (non-hydrogen) atoms. The minimum absolute atomic E-state index is 0.0996. The van der Waals surface area contributed by atoms with Crippen LogP contribution in [0.1, 0.15) is 34.7 Å². The first-order chi connectivity index (χ1) is 20.8. The molecule has 1 aliphatic heterocycles. The van der Waals surface area contributed by atoms with Gasteiger partial charge >= 0.3 is 6.03 Å². The SMILES string of the molecule is C[C@H]1CN([C@@H](C)CO)C(=O)c2cccc(NC(=O)c3cnccn3)c2O[C@H]1CN(C)C(=O)Nc1cccc2ccccc12. The summed E-state index contributed by atoms with van der Waals surface area (Å²) < 4.78 is 6.51. The zero-order valence-corrected chi connectivity index (χ0v) is 24.2. The lowest BCUT2D eigenvalue weighted by Crippen LogP contribution is -2.50. The van der Waals surface area contributed by atoms with Gasteiger partial charge in [0.25, 0.3) is 11.8 Å². The molecule has 11 heteroatoms. The van der Waals surface area contributed by atoms with Crippen LogP contribution in [0.2, 0.25) is 0 Å². The quantitative estimate of drug-likeness (QED) is 0.296. The molecule has 0 unspecified atom stereocenters. The molecule has 222 valence electrons. The molecular weight excluding hydrogens is 548 g/mol. The molecule has 2 heterocycles. The molecule has 0 spiro atoms. The van der Waals surface area contributed by atoms with E-state index in [4.69, 9.17) is 4.74 Å². The van der Waals surface area contributed by atoms with Crippen LogP contribution in [0.25, 0.3) is 10.8 Å². The van der Waals surface area contributed by atoms with Crippen molar-refractivity contribution in [2.45, 2.75) is 26.0 Å². The van der Waals surface area contributed by atoms with E-state index < -0.39 is 18.1 Å². The van der Waals surface area contributed by atoms with Crippen LogP contribution < -0.4 is 15.4 Å². The average molecular weight is 583 g/mol. The fraction of sp³-hybridized carbons (Fsp3) is 0.281. The molecular formula is C32H34N6O5. The van der Waals surface area contributed by atoms with E-state index in [1.54, 1.807) is 37.1 Å². The first-order valence-electron chi connectivity index (χ1n) is 14.1. The van der Waals surface area contributed by atoms with Crippen molar-refractivity contribution in [3.63, 3.8) is 0 Å². The number of fused-ring (bicyclic) bond motifs is 2. The summed E-state index contributed by atoms with van der Waals surface area (Å²) >= 11 is 0. The average Bonchev–Trinajstić information content (AvgIpc) is 3.03. The summed E-state index contributed by atoms with van der Waals surface area (Å²) in [6, 6.07) is 17.6. The number of carbonyl (C=O) groups excluding carboxylic acids is 3. The van der Waals surface area contributed by atoms with E-state index in [0.717, 1.165) is 10.8 Å². The Balaban J connectivity index is 1.44. The number of carbonyl (C=O) groups is 3. The highest BCUT2D eigenvalue weighted by Gasteiger charge is 2.35. The topological polar surface area (TPSA) is 137 Å². The number of amides is 4. The number of para-hydroxylation sites is 1. The lowest BCUT2D eigenvalue weighted by Gasteiger charge is -2.38. The van der Waals surface area contributed by atoms with E-state index in [9.17, 15) is 19.5 Å². The molecule has 0 radical (unpaired) electrons. The summed E-state index contributed by atoms with van der Waals surface area (Å²) in [5.74, 6) is -0.919. The fourth-order valence-electron chi connectivity index (χ4n) is 5.06. The normalized spacial score (nSPS) is 17.2. The first kappa shape index (κ1) is 29.5. The minimum Gasteiger partial charge on any atom is -0.485 e. The summed E-state index contributed by atoms with van der Waals surface area (Å²) in [6.45, 7) is 3.94. The Kier molecular flexibility index (Phi) is 8.82. The molecule has 3 aromatic carbocycles. The van der Waals surface area contributed by atoms with Gasteiger partial charge in [0, 0.05) is 37.3 Å². The molecule has 0 bridgehead atoms. The number of aromatic nitrogens is 2. The van der Waals surface area contributed by atoms with Crippen molar-refractivity contribution in [2.24, 2.45) is 5.92 Å². The maximum atomic E-state index is 13.7.